The van der Waals surface area contributed by atoms with Crippen LogP contribution in [0.1, 0.15) is 46.0 Å². The van der Waals surface area contributed by atoms with E-state index in [9.17, 15) is 0 Å². The lowest BCUT2D eigenvalue weighted by atomic mass is 10.3. The molecule has 21 heavy (non-hydrogen) atoms. The molecule has 1 fully saturated rings. The van der Waals surface area contributed by atoms with Crippen LogP contribution in [0.15, 0.2) is 4.99 Å². The van der Waals surface area contributed by atoms with Gasteiger partial charge in [0.25, 0.3) is 0 Å². The average molecular weight is 298 g/mol. The molecule has 0 aromatic heterocycles. The molecule has 1 aliphatic carbocycles. The summed E-state index contributed by atoms with van der Waals surface area (Å²) in [5, 5.41) is 6.74. The smallest absolute Gasteiger partial charge is 0.191 e. The Balaban J connectivity index is 2.03. The van der Waals surface area contributed by atoms with E-state index in [0.29, 0.717) is 6.04 Å². The molecule has 0 aromatic rings. The number of hydrogen-bond donors (Lipinski definition) is 2. The minimum Gasteiger partial charge on any atom is -0.381 e. The van der Waals surface area contributed by atoms with Crippen molar-refractivity contribution in [1.82, 2.24) is 15.5 Å². The van der Waals surface area contributed by atoms with Crippen molar-refractivity contribution in [3.05, 3.63) is 0 Å². The number of likely N-dealkylation sites (N-methyl/N-ethyl adjacent to an activating group) is 1. The molecular formula is C16H34N4O. The molecule has 1 aliphatic rings. The molecule has 1 unspecified atom stereocenters. The maximum Gasteiger partial charge on any atom is 0.191 e. The predicted octanol–water partition coefficient (Wildman–Crippen LogP) is 1.84. The van der Waals surface area contributed by atoms with Gasteiger partial charge in [0, 0.05) is 45.4 Å². The van der Waals surface area contributed by atoms with E-state index in [-0.39, 0.29) is 0 Å². The van der Waals surface area contributed by atoms with Crippen LogP contribution in [0.4, 0.5) is 0 Å². The lowest BCUT2D eigenvalue weighted by Crippen LogP contribution is -2.45. The molecular weight excluding hydrogens is 264 g/mol. The van der Waals surface area contributed by atoms with Crippen LogP contribution in [-0.2, 0) is 4.74 Å². The zero-order valence-electron chi connectivity index (χ0n) is 14.3. The van der Waals surface area contributed by atoms with E-state index in [2.05, 4.69) is 41.4 Å². The summed E-state index contributed by atoms with van der Waals surface area (Å²) in [5.41, 5.74) is 0. The lowest BCUT2D eigenvalue weighted by Gasteiger charge is -2.25. The van der Waals surface area contributed by atoms with Gasteiger partial charge >= 0.3 is 0 Å². The lowest BCUT2D eigenvalue weighted by molar-refractivity contribution is 0.129. The molecule has 0 spiro atoms. The highest BCUT2D eigenvalue weighted by molar-refractivity contribution is 5.79. The van der Waals surface area contributed by atoms with Crippen LogP contribution in [0.3, 0.4) is 0 Å². The zero-order chi connectivity index (χ0) is 15.5. The Morgan fingerprint density at radius 2 is 2.00 bits per heavy atom. The summed E-state index contributed by atoms with van der Waals surface area (Å²) in [4.78, 5) is 6.72. The van der Waals surface area contributed by atoms with Crippen molar-refractivity contribution in [3.8, 4) is 0 Å². The second-order valence-corrected chi connectivity index (χ2v) is 5.95. The monoisotopic (exact) mass is 298 g/mol. The highest BCUT2D eigenvalue weighted by atomic mass is 16.5. The van der Waals surface area contributed by atoms with Gasteiger partial charge < -0.3 is 15.4 Å². The van der Waals surface area contributed by atoms with Crippen molar-refractivity contribution in [1.29, 1.82) is 0 Å². The Morgan fingerprint density at radius 1 is 1.29 bits per heavy atom. The second kappa shape index (κ2) is 10.9. The standard InChI is InChI=1S/C16H34N4O/c1-5-6-11-21-12-7-10-18-16(17-3)19-13-14(2)20(4)15-8-9-15/h14-15H,5-13H2,1-4H3,(H2,17,18,19). The first kappa shape index (κ1) is 18.2. The first-order valence-corrected chi connectivity index (χ1v) is 8.43. The minimum absolute atomic E-state index is 0.536. The molecule has 0 aromatic carbocycles. The molecule has 0 bridgehead atoms. The van der Waals surface area contributed by atoms with Crippen molar-refractivity contribution < 1.29 is 4.74 Å². The number of rotatable bonds is 11. The first-order valence-electron chi connectivity index (χ1n) is 8.43. The van der Waals surface area contributed by atoms with Gasteiger partial charge in [-0.3, -0.25) is 9.89 Å². The topological polar surface area (TPSA) is 48.9 Å². The van der Waals surface area contributed by atoms with Crippen molar-refractivity contribution in [2.75, 3.05) is 40.4 Å². The molecule has 0 saturated heterocycles. The second-order valence-electron chi connectivity index (χ2n) is 5.95. The fraction of sp³-hybridized carbons (Fsp3) is 0.938. The van der Waals surface area contributed by atoms with E-state index < -0.39 is 0 Å². The number of nitrogens with one attached hydrogen (secondary N) is 2. The van der Waals surface area contributed by atoms with Crippen LogP contribution in [0.5, 0.6) is 0 Å². The molecule has 2 N–H and O–H groups in total. The van der Waals surface area contributed by atoms with E-state index in [4.69, 9.17) is 4.74 Å². The first-order chi connectivity index (χ1) is 10.2. The van der Waals surface area contributed by atoms with Gasteiger partial charge in [0.1, 0.15) is 0 Å². The van der Waals surface area contributed by atoms with Gasteiger partial charge in [-0.25, -0.2) is 0 Å². The molecule has 124 valence electrons. The Bertz CT molecular complexity index is 292. The Morgan fingerprint density at radius 3 is 2.62 bits per heavy atom. The maximum absolute atomic E-state index is 5.55. The van der Waals surface area contributed by atoms with Gasteiger partial charge in [0.15, 0.2) is 5.96 Å². The fourth-order valence-corrected chi connectivity index (χ4v) is 2.18. The molecule has 0 radical (unpaired) electrons. The molecule has 1 atom stereocenters. The van der Waals surface area contributed by atoms with E-state index in [0.717, 1.165) is 51.1 Å². The highest BCUT2D eigenvalue weighted by Crippen LogP contribution is 2.26. The maximum atomic E-state index is 5.55. The summed E-state index contributed by atoms with van der Waals surface area (Å²) in [5.74, 6) is 0.889. The number of ether oxygens (including phenoxy) is 1. The third kappa shape index (κ3) is 8.27. The van der Waals surface area contributed by atoms with Gasteiger partial charge in [0.2, 0.25) is 0 Å². The number of unbranched alkanes of at least 4 members (excludes halogenated alkanes) is 1. The van der Waals surface area contributed by atoms with Crippen molar-refractivity contribution in [2.24, 2.45) is 4.99 Å². The summed E-state index contributed by atoms with van der Waals surface area (Å²) >= 11 is 0. The largest absolute Gasteiger partial charge is 0.381 e. The number of nitrogens with zero attached hydrogens (tertiary/aromatic N) is 2. The highest BCUT2D eigenvalue weighted by Gasteiger charge is 2.28. The summed E-state index contributed by atoms with van der Waals surface area (Å²) < 4.78 is 5.55. The Kier molecular flexibility index (Phi) is 9.42. The van der Waals surface area contributed by atoms with Crippen LogP contribution in [0.25, 0.3) is 0 Å². The molecule has 0 heterocycles. The summed E-state index contributed by atoms with van der Waals surface area (Å²) in [6, 6.07) is 1.34. The normalized spacial score (nSPS) is 17.1. The van der Waals surface area contributed by atoms with Crippen molar-refractivity contribution >= 4 is 5.96 Å². The predicted molar refractivity (Wildman–Crippen MR) is 90.0 cm³/mol. The summed E-state index contributed by atoms with van der Waals surface area (Å²) in [6.45, 7) is 7.99. The van der Waals surface area contributed by atoms with E-state index in [1.54, 1.807) is 0 Å². The van der Waals surface area contributed by atoms with Gasteiger partial charge in [-0.1, -0.05) is 13.3 Å². The zero-order valence-corrected chi connectivity index (χ0v) is 14.3. The van der Waals surface area contributed by atoms with Crippen LogP contribution >= 0.6 is 0 Å². The van der Waals surface area contributed by atoms with Gasteiger partial charge in [0.05, 0.1) is 0 Å². The number of hydrogen-bond acceptors (Lipinski definition) is 3. The molecule has 0 amide bonds. The molecule has 0 aliphatic heterocycles. The van der Waals surface area contributed by atoms with E-state index in [1.165, 1.54) is 19.3 Å². The average Bonchev–Trinajstić information content (AvgIpc) is 3.33. The third-order valence-corrected chi connectivity index (χ3v) is 4.01. The number of aliphatic imine (C=N–C) groups is 1. The Hall–Kier alpha value is -0.810. The SMILES string of the molecule is CCCCOCCCNC(=NC)NCC(C)N(C)C1CC1. The van der Waals surface area contributed by atoms with Gasteiger partial charge in [-0.2, -0.15) is 0 Å². The molecule has 1 saturated carbocycles. The molecule has 5 nitrogen and oxygen atoms in total. The van der Waals surface area contributed by atoms with Crippen LogP contribution in [0, 0.1) is 0 Å². The van der Waals surface area contributed by atoms with Crippen LogP contribution in [0.2, 0.25) is 0 Å². The van der Waals surface area contributed by atoms with Gasteiger partial charge in [-0.15, -0.1) is 0 Å². The Labute approximate surface area is 130 Å². The molecule has 1 rings (SSSR count). The quantitative estimate of drug-likeness (QED) is 0.347. The van der Waals surface area contributed by atoms with Crippen LogP contribution < -0.4 is 10.6 Å². The van der Waals surface area contributed by atoms with E-state index >= 15 is 0 Å². The number of guanidine groups is 1. The fourth-order valence-electron chi connectivity index (χ4n) is 2.18. The van der Waals surface area contributed by atoms with E-state index in [1.807, 2.05) is 7.05 Å². The minimum atomic E-state index is 0.536. The van der Waals surface area contributed by atoms with Crippen LogP contribution in [-0.4, -0.2) is 63.3 Å². The summed E-state index contributed by atoms with van der Waals surface area (Å²) in [7, 11) is 4.04. The third-order valence-electron chi connectivity index (χ3n) is 4.01. The van der Waals surface area contributed by atoms with Crippen molar-refractivity contribution in [2.45, 2.75) is 58.0 Å². The summed E-state index contributed by atoms with van der Waals surface area (Å²) in [6.07, 6.45) is 6.07. The van der Waals surface area contributed by atoms with Gasteiger partial charge in [-0.05, 0) is 39.7 Å². The van der Waals surface area contributed by atoms with Crippen molar-refractivity contribution in [3.63, 3.8) is 0 Å². The molecule has 5 heteroatoms.